The van der Waals surface area contributed by atoms with Crippen molar-refractivity contribution in [3.05, 3.63) is 91.0 Å². The molecule has 0 aliphatic heterocycles. The Bertz CT molecular complexity index is 3330. The Kier molecular flexibility index (Phi) is 28.5. The summed E-state index contributed by atoms with van der Waals surface area (Å²) >= 11 is 0. The predicted octanol–water partition coefficient (Wildman–Crippen LogP) is 19.1. The van der Waals surface area contributed by atoms with Gasteiger partial charge in [0, 0.05) is 0 Å². The average Bonchev–Trinajstić information content (AvgIpc) is 0.754. The van der Waals surface area contributed by atoms with Crippen LogP contribution in [0.15, 0.2) is 106 Å². The van der Waals surface area contributed by atoms with Crippen molar-refractivity contribution in [3.63, 3.8) is 0 Å². The SMILES string of the molecule is CC.CC.CC.CC.CC(COC(=O)C(C)(COC(=O)C12CC3CC(CC(C3)C1)C2)COC(=O)C12CC3CC(CC(C3)C1)C2)(COC(=O)C(C)(COC(=O)C12CC3CC(CC(C3)C1)C2)COC(=O)C12CC3CC(CC(C3)C1)C2)C(=O)OCCC(F)(F)C(F)(F)S(=O)(=O)O.c1ccc([S+](c2ccccc2)c2ccccc2)cc1. The van der Waals surface area contributed by atoms with E-state index in [2.05, 4.69) is 91.0 Å². The van der Waals surface area contributed by atoms with Crippen LogP contribution in [0.25, 0.3) is 0 Å². The minimum atomic E-state index is -6.66. The monoisotopic (exact) mass is 1610 g/mol. The quantitative estimate of drug-likeness (QED) is 0.0245. The molecule has 0 aromatic heterocycles. The normalized spacial score (nSPS) is 32.3. The van der Waals surface area contributed by atoms with Gasteiger partial charge in [0.2, 0.25) is 0 Å². The standard InChI is InChI=1S/C63H86F4O17S.C18H15S.4C2H6/c1-55(48(68)78-5-4-62(64,65)63(66,67)85(75,76)77,30-79-49(69)56(2,32-81-51(71)58-18-36-6-37(19-58)8-38(7-36)20-58)33-82-52(72)59-21-39-9-40(22-59)11-41(10-39)23-59)31-80-50(70)57(3,34-83-53(73)60-24-42-12-43(25-60)14-44(13-42)26-60)35-84-54(74)61-27-45-15-46(28-61)17-47(16-45)29-61;1-4-10-16(11-5-1)19(17-12-6-2-7-13-17)18-14-8-3-9-15-18;4*1-2/h36-47H,4-35H2,1-3H3,(H,75,76,77);1-15H;4*1-2H3/q;+1;;;;. The van der Waals surface area contributed by atoms with Gasteiger partial charge in [0.1, 0.15) is 55.9 Å². The first-order valence-corrected chi connectivity index (χ1v) is 44.8. The highest BCUT2D eigenvalue weighted by Crippen LogP contribution is 2.65. The van der Waals surface area contributed by atoms with Gasteiger partial charge >= 0.3 is 63.1 Å². The van der Waals surface area contributed by atoms with Crippen LogP contribution in [0.3, 0.4) is 0 Å². The number of halogens is 4. The summed E-state index contributed by atoms with van der Waals surface area (Å²) in [7, 11) is -6.67. The first-order chi connectivity index (χ1) is 53.3. The highest BCUT2D eigenvalue weighted by molar-refractivity contribution is 7.97. The van der Waals surface area contributed by atoms with E-state index in [0.29, 0.717) is 148 Å². The highest BCUT2D eigenvalue weighted by atomic mass is 32.2. The molecule has 0 unspecified atom stereocenters. The molecule has 0 spiro atoms. The maximum absolute atomic E-state index is 14.8. The van der Waals surface area contributed by atoms with Crippen molar-refractivity contribution in [2.24, 2.45) is 109 Å². The minimum Gasteiger partial charge on any atom is -0.465 e. The van der Waals surface area contributed by atoms with E-state index in [1.54, 1.807) is 0 Å². The van der Waals surface area contributed by atoms with Crippen molar-refractivity contribution in [1.29, 1.82) is 0 Å². The third-order valence-corrected chi connectivity index (χ3v) is 30.0. The van der Waals surface area contributed by atoms with E-state index in [1.165, 1.54) is 28.5 Å². The van der Waals surface area contributed by atoms with Crippen LogP contribution in [-0.4, -0.2) is 112 Å². The lowest BCUT2D eigenvalue weighted by molar-refractivity contribution is -0.191. The Hall–Kier alpha value is -6.07. The Morgan fingerprint density at radius 3 is 0.732 bits per heavy atom. The molecule has 0 amide bonds. The van der Waals surface area contributed by atoms with Crippen LogP contribution < -0.4 is 0 Å². The number of hydrogen-bond donors (Lipinski definition) is 1. The summed E-state index contributed by atoms with van der Waals surface area (Å²) in [5, 5.41) is -5.99. The maximum Gasteiger partial charge on any atom is 0.431 e. The van der Waals surface area contributed by atoms with E-state index in [0.717, 1.165) is 84.0 Å². The van der Waals surface area contributed by atoms with E-state index in [-0.39, 0.29) is 10.9 Å². The summed E-state index contributed by atoms with van der Waals surface area (Å²) in [6, 6.07) is 32.2. The smallest absolute Gasteiger partial charge is 0.431 e. The highest BCUT2D eigenvalue weighted by Gasteiger charge is 2.66. The number of hydrogen-bond acceptors (Lipinski definition) is 16. The largest absolute Gasteiger partial charge is 0.465 e. The van der Waals surface area contributed by atoms with E-state index in [1.807, 2.05) is 55.4 Å². The van der Waals surface area contributed by atoms with Crippen LogP contribution in [0.1, 0.15) is 237 Å². The molecule has 0 atom stereocenters. The van der Waals surface area contributed by atoms with Gasteiger partial charge in [0.25, 0.3) is 0 Å². The zero-order valence-electron chi connectivity index (χ0n) is 68.0. The zero-order valence-corrected chi connectivity index (χ0v) is 69.7. The first kappa shape index (κ1) is 88.3. The third kappa shape index (κ3) is 19.0. The second-order valence-electron chi connectivity index (χ2n) is 35.8. The molecule has 16 aliphatic rings. The molecule has 112 heavy (non-hydrogen) atoms. The molecule has 16 aliphatic carbocycles. The fraction of sp³-hybridized carbons (Fsp3) is 0.719. The molecule has 17 nitrogen and oxygen atoms in total. The number of ether oxygens (including phenoxy) is 7. The van der Waals surface area contributed by atoms with Gasteiger partial charge < -0.3 is 33.2 Å². The van der Waals surface area contributed by atoms with Gasteiger partial charge in [0.15, 0.2) is 14.7 Å². The van der Waals surface area contributed by atoms with Gasteiger partial charge in [-0.2, -0.15) is 26.0 Å². The molecular weight excluding hydrogens is 1480 g/mol. The Balaban J connectivity index is 0.000000420. The van der Waals surface area contributed by atoms with Crippen molar-refractivity contribution in [3.8, 4) is 0 Å². The summed E-state index contributed by atoms with van der Waals surface area (Å²) < 4.78 is 131. The van der Waals surface area contributed by atoms with Crippen molar-refractivity contribution in [2.45, 2.75) is 263 Å². The predicted molar refractivity (Wildman–Crippen MR) is 416 cm³/mol. The van der Waals surface area contributed by atoms with Crippen LogP contribution in [0.2, 0.25) is 0 Å². The molecule has 23 heteroatoms. The molecule has 16 fully saturated rings. The van der Waals surface area contributed by atoms with E-state index >= 15 is 0 Å². The molecule has 1 N–H and O–H groups in total. The fourth-order valence-corrected chi connectivity index (χ4v) is 25.7. The number of alkyl halides is 4. The summed E-state index contributed by atoms with van der Waals surface area (Å²) in [4.78, 5) is 105. The number of carbonyl (C=O) groups excluding carboxylic acids is 7. The average molecular weight is 1610 g/mol. The molecular formula is C89H125F4O17S2+. The van der Waals surface area contributed by atoms with Gasteiger partial charge in [0.05, 0.1) is 45.6 Å². The summed E-state index contributed by atoms with van der Waals surface area (Å²) in [6.45, 7) is 13.6. The number of esters is 7. The fourth-order valence-electron chi connectivity index (χ4n) is 23.1. The van der Waals surface area contributed by atoms with E-state index in [9.17, 15) is 59.5 Å². The minimum absolute atomic E-state index is 0.0146. The van der Waals surface area contributed by atoms with Gasteiger partial charge in [-0.25, -0.2) is 0 Å². The molecule has 19 rings (SSSR count). The van der Waals surface area contributed by atoms with Crippen molar-refractivity contribution in [2.75, 3.05) is 46.2 Å². The van der Waals surface area contributed by atoms with E-state index in [4.69, 9.17) is 37.7 Å². The second kappa shape index (κ2) is 36.2. The number of benzene rings is 3. The van der Waals surface area contributed by atoms with Crippen molar-refractivity contribution >= 4 is 62.8 Å². The Morgan fingerprint density at radius 2 is 0.536 bits per heavy atom. The van der Waals surface area contributed by atoms with Gasteiger partial charge in [-0.1, -0.05) is 110 Å². The maximum atomic E-state index is 14.8. The third-order valence-electron chi connectivity index (χ3n) is 26.8. The topological polar surface area (TPSA) is 238 Å². The molecule has 3 aromatic rings. The van der Waals surface area contributed by atoms with Crippen LogP contribution in [0, 0.1) is 109 Å². The van der Waals surface area contributed by atoms with Crippen LogP contribution in [-0.2, 0) is 87.7 Å². The van der Waals surface area contributed by atoms with Crippen LogP contribution in [0.5, 0.6) is 0 Å². The summed E-state index contributed by atoms with van der Waals surface area (Å²) in [5.74, 6) is -6.80. The summed E-state index contributed by atoms with van der Waals surface area (Å²) in [5.41, 5.74) is -9.26. The molecule has 16 bridgehead atoms. The Morgan fingerprint density at radius 1 is 0.348 bits per heavy atom. The number of rotatable bonds is 27. The molecule has 622 valence electrons. The van der Waals surface area contributed by atoms with Crippen molar-refractivity contribution < 1.29 is 97.3 Å². The van der Waals surface area contributed by atoms with Gasteiger partial charge in [-0.15, -0.1) is 0 Å². The molecule has 0 heterocycles. The van der Waals surface area contributed by atoms with Crippen molar-refractivity contribution in [1.82, 2.24) is 0 Å². The first-order valence-electron chi connectivity index (χ1n) is 42.1. The number of carbonyl (C=O) groups is 7. The second-order valence-corrected chi connectivity index (χ2v) is 39.2. The van der Waals surface area contributed by atoms with Gasteiger partial charge in [-0.3, -0.25) is 38.1 Å². The van der Waals surface area contributed by atoms with Crippen LogP contribution in [0.4, 0.5) is 17.6 Å². The molecule has 16 saturated carbocycles. The van der Waals surface area contributed by atoms with Gasteiger partial charge in [-0.05, 0) is 282 Å². The molecule has 0 saturated heterocycles. The molecule has 3 aromatic carbocycles. The van der Waals surface area contributed by atoms with Crippen LogP contribution >= 0.6 is 0 Å². The lowest BCUT2D eigenvalue weighted by Gasteiger charge is -2.55. The Labute approximate surface area is 665 Å². The lowest BCUT2D eigenvalue weighted by Crippen LogP contribution is -2.53. The lowest BCUT2D eigenvalue weighted by atomic mass is 9.49. The zero-order chi connectivity index (χ0) is 81.5. The summed E-state index contributed by atoms with van der Waals surface area (Å²) in [6.07, 6.45) is 18.1. The molecule has 0 radical (unpaired) electrons. The van der Waals surface area contributed by atoms with E-state index < -0.39 is 154 Å².